The maximum Gasteiger partial charge on any atom is 0.276 e. The Morgan fingerprint density at radius 2 is 2.41 bits per heavy atom. The van der Waals surface area contributed by atoms with E-state index in [4.69, 9.17) is 9.26 Å². The Kier molecular flexibility index (Phi) is 6.21. The lowest BCUT2D eigenvalue weighted by Gasteiger charge is -2.18. The van der Waals surface area contributed by atoms with Crippen molar-refractivity contribution in [2.24, 2.45) is 0 Å². The van der Waals surface area contributed by atoms with Crippen LogP contribution in [0.4, 0.5) is 0 Å². The second kappa shape index (κ2) is 7.45. The maximum atomic E-state index is 12.0. The van der Waals surface area contributed by atoms with Gasteiger partial charge in [-0.3, -0.25) is 4.79 Å². The molecule has 0 bridgehead atoms. The van der Waals surface area contributed by atoms with Gasteiger partial charge in [0, 0.05) is 31.6 Å². The summed E-state index contributed by atoms with van der Waals surface area (Å²) in [7, 11) is 1.57. The molecule has 1 rings (SSSR count). The summed E-state index contributed by atoms with van der Waals surface area (Å²) in [5.41, 5.74) is 0.341. The Hall–Kier alpha value is -0.880. The number of nitrogens with zero attached hydrogens (tertiary/aromatic N) is 2. The molecule has 0 aliphatic carbocycles. The Bertz CT molecular complexity index is 354. The number of carbonyl (C=O) groups excluding carboxylic acids is 1. The minimum Gasteiger partial charge on any atom is -0.377 e. The largest absolute Gasteiger partial charge is 0.377 e. The van der Waals surface area contributed by atoms with Crippen molar-refractivity contribution in [2.75, 3.05) is 25.5 Å². The Labute approximate surface area is 109 Å². The lowest BCUT2D eigenvalue weighted by molar-refractivity contribution is 0.0754. The van der Waals surface area contributed by atoms with E-state index in [0.29, 0.717) is 31.2 Å². The van der Waals surface area contributed by atoms with Crippen molar-refractivity contribution < 1.29 is 14.1 Å². The SMILES string of the molecule is CCN(CCCBr)C(=O)c1cc(COC)on1. The third-order valence-corrected chi connectivity index (χ3v) is 2.86. The van der Waals surface area contributed by atoms with Gasteiger partial charge in [0.05, 0.1) is 0 Å². The number of methoxy groups -OCH3 is 1. The average molecular weight is 305 g/mol. The Morgan fingerprint density at radius 1 is 1.65 bits per heavy atom. The van der Waals surface area contributed by atoms with Crippen LogP contribution in [0.5, 0.6) is 0 Å². The monoisotopic (exact) mass is 304 g/mol. The highest BCUT2D eigenvalue weighted by atomic mass is 79.9. The molecule has 0 unspecified atom stereocenters. The van der Waals surface area contributed by atoms with Gasteiger partial charge in [0.1, 0.15) is 6.61 Å². The van der Waals surface area contributed by atoms with Gasteiger partial charge in [0.2, 0.25) is 0 Å². The summed E-state index contributed by atoms with van der Waals surface area (Å²) in [6.07, 6.45) is 0.919. The van der Waals surface area contributed by atoms with Crippen LogP contribution in [0.15, 0.2) is 10.6 Å². The first-order valence-electron chi connectivity index (χ1n) is 5.52. The number of ether oxygens (including phenoxy) is 1. The zero-order valence-corrected chi connectivity index (χ0v) is 11.7. The first-order chi connectivity index (χ1) is 8.22. The van der Waals surface area contributed by atoms with Gasteiger partial charge in [-0.2, -0.15) is 0 Å². The van der Waals surface area contributed by atoms with Crippen LogP contribution < -0.4 is 0 Å². The number of halogens is 1. The highest BCUT2D eigenvalue weighted by molar-refractivity contribution is 9.09. The fourth-order valence-electron chi connectivity index (χ4n) is 1.44. The molecule has 0 aliphatic rings. The van der Waals surface area contributed by atoms with Crippen LogP contribution >= 0.6 is 15.9 Å². The molecule has 0 saturated carbocycles. The number of hydrogen-bond donors (Lipinski definition) is 0. The third-order valence-electron chi connectivity index (χ3n) is 2.30. The molecule has 1 amide bonds. The Morgan fingerprint density at radius 3 is 3.00 bits per heavy atom. The standard InChI is InChI=1S/C11H17BrN2O3/c1-3-14(6-4-5-12)11(15)10-7-9(8-16-2)17-13-10/h7H,3-6,8H2,1-2H3. The van der Waals surface area contributed by atoms with Gasteiger partial charge in [0.25, 0.3) is 5.91 Å². The molecule has 5 nitrogen and oxygen atoms in total. The fourth-order valence-corrected chi connectivity index (χ4v) is 1.69. The molecule has 0 atom stereocenters. The van der Waals surface area contributed by atoms with Crippen LogP contribution in [0.1, 0.15) is 29.6 Å². The number of hydrogen-bond acceptors (Lipinski definition) is 4. The van der Waals surface area contributed by atoms with E-state index in [9.17, 15) is 4.79 Å². The summed E-state index contributed by atoms with van der Waals surface area (Å²) in [6.45, 7) is 3.65. The van der Waals surface area contributed by atoms with Crippen LogP contribution in [0.2, 0.25) is 0 Å². The van der Waals surface area contributed by atoms with E-state index in [-0.39, 0.29) is 5.91 Å². The molecule has 1 aromatic rings. The molecule has 0 fully saturated rings. The van der Waals surface area contributed by atoms with Crippen molar-refractivity contribution in [1.82, 2.24) is 10.1 Å². The number of amides is 1. The molecule has 96 valence electrons. The molecule has 0 saturated heterocycles. The molecular formula is C11H17BrN2O3. The third kappa shape index (κ3) is 4.12. The van der Waals surface area contributed by atoms with Crippen molar-refractivity contribution in [3.8, 4) is 0 Å². The van der Waals surface area contributed by atoms with E-state index in [2.05, 4.69) is 21.1 Å². The zero-order valence-electron chi connectivity index (χ0n) is 10.1. The van der Waals surface area contributed by atoms with Crippen molar-refractivity contribution in [3.63, 3.8) is 0 Å². The van der Waals surface area contributed by atoms with Gasteiger partial charge in [0.15, 0.2) is 11.5 Å². The number of aromatic nitrogens is 1. The quantitative estimate of drug-likeness (QED) is 0.724. The van der Waals surface area contributed by atoms with Crippen molar-refractivity contribution >= 4 is 21.8 Å². The maximum absolute atomic E-state index is 12.0. The minimum atomic E-state index is -0.0976. The summed E-state index contributed by atoms with van der Waals surface area (Å²) in [5.74, 6) is 0.465. The molecule has 0 aromatic carbocycles. The molecule has 0 spiro atoms. The number of rotatable bonds is 7. The van der Waals surface area contributed by atoms with Crippen LogP contribution in [0.3, 0.4) is 0 Å². The lowest BCUT2D eigenvalue weighted by atomic mass is 10.3. The van der Waals surface area contributed by atoms with Gasteiger partial charge in [-0.25, -0.2) is 0 Å². The van der Waals surface area contributed by atoms with Gasteiger partial charge < -0.3 is 14.2 Å². The van der Waals surface area contributed by atoms with E-state index in [1.54, 1.807) is 18.1 Å². The first kappa shape index (κ1) is 14.2. The zero-order chi connectivity index (χ0) is 12.7. The van der Waals surface area contributed by atoms with Gasteiger partial charge >= 0.3 is 0 Å². The molecular weight excluding hydrogens is 288 g/mol. The second-order valence-electron chi connectivity index (χ2n) is 3.54. The number of alkyl halides is 1. The highest BCUT2D eigenvalue weighted by Gasteiger charge is 2.18. The van der Waals surface area contributed by atoms with Crippen LogP contribution in [-0.4, -0.2) is 41.5 Å². The van der Waals surface area contributed by atoms with Crippen molar-refractivity contribution in [1.29, 1.82) is 0 Å². The van der Waals surface area contributed by atoms with E-state index in [0.717, 1.165) is 11.8 Å². The first-order valence-corrected chi connectivity index (χ1v) is 6.64. The number of carbonyl (C=O) groups is 1. The second-order valence-corrected chi connectivity index (χ2v) is 4.33. The Balaban J connectivity index is 2.65. The van der Waals surface area contributed by atoms with E-state index in [1.807, 2.05) is 6.92 Å². The summed E-state index contributed by atoms with van der Waals surface area (Å²) < 4.78 is 9.90. The molecule has 1 heterocycles. The van der Waals surface area contributed by atoms with E-state index in [1.165, 1.54) is 0 Å². The van der Waals surface area contributed by atoms with Crippen LogP contribution in [0.25, 0.3) is 0 Å². The van der Waals surface area contributed by atoms with Crippen molar-refractivity contribution in [3.05, 3.63) is 17.5 Å². The fraction of sp³-hybridized carbons (Fsp3) is 0.636. The normalized spacial score (nSPS) is 10.5. The van der Waals surface area contributed by atoms with E-state index >= 15 is 0 Å². The summed E-state index contributed by atoms with van der Waals surface area (Å²) in [6, 6.07) is 1.63. The van der Waals surface area contributed by atoms with Crippen molar-refractivity contribution in [2.45, 2.75) is 20.0 Å². The van der Waals surface area contributed by atoms with Crippen LogP contribution in [-0.2, 0) is 11.3 Å². The minimum absolute atomic E-state index is 0.0976. The van der Waals surface area contributed by atoms with E-state index < -0.39 is 0 Å². The summed E-state index contributed by atoms with van der Waals surface area (Å²) in [5, 5.41) is 4.63. The molecule has 0 aliphatic heterocycles. The molecule has 0 radical (unpaired) electrons. The molecule has 17 heavy (non-hydrogen) atoms. The topological polar surface area (TPSA) is 55.6 Å². The molecule has 1 aromatic heterocycles. The average Bonchev–Trinajstić information content (AvgIpc) is 2.79. The predicted octanol–water partition coefficient (Wildman–Crippen LogP) is 2.07. The van der Waals surface area contributed by atoms with Gasteiger partial charge in [-0.05, 0) is 13.3 Å². The smallest absolute Gasteiger partial charge is 0.276 e. The van der Waals surface area contributed by atoms with Gasteiger partial charge in [-0.1, -0.05) is 21.1 Å². The predicted molar refractivity (Wildman–Crippen MR) is 67.2 cm³/mol. The van der Waals surface area contributed by atoms with Gasteiger partial charge in [-0.15, -0.1) is 0 Å². The summed E-state index contributed by atoms with van der Waals surface area (Å²) >= 11 is 3.35. The van der Waals surface area contributed by atoms with Crippen LogP contribution in [0, 0.1) is 0 Å². The highest BCUT2D eigenvalue weighted by Crippen LogP contribution is 2.08. The summed E-state index contributed by atoms with van der Waals surface area (Å²) in [4.78, 5) is 13.8. The lowest BCUT2D eigenvalue weighted by Crippen LogP contribution is -2.32. The molecule has 6 heteroatoms. The molecule has 0 N–H and O–H groups in total.